The van der Waals surface area contributed by atoms with Crippen molar-refractivity contribution in [3.05, 3.63) is 52.3 Å². The molecule has 5 nitrogen and oxygen atoms in total. The summed E-state index contributed by atoms with van der Waals surface area (Å²) in [6.07, 6.45) is 2.87. The highest BCUT2D eigenvalue weighted by molar-refractivity contribution is 7.12. The topological polar surface area (TPSA) is 52.2 Å². The van der Waals surface area contributed by atoms with Crippen LogP contribution in [0.4, 0.5) is 0 Å². The standard InChI is InChI=1S/C18H20N4OS/c23-18(16-6-2-11-24-16)22-8-3-7-21(9-10-22)13-15-5-1-4-14-12-19-20-17(14)15/h1-2,4-6,11-12H,3,7-10,13H2,(H,19,20). The molecule has 124 valence electrons. The maximum Gasteiger partial charge on any atom is 0.263 e. The number of carbonyl (C=O) groups is 1. The van der Waals surface area contributed by atoms with Crippen molar-refractivity contribution < 1.29 is 4.79 Å². The minimum atomic E-state index is 0.169. The first-order valence-electron chi connectivity index (χ1n) is 8.27. The van der Waals surface area contributed by atoms with Crippen LogP contribution < -0.4 is 0 Å². The lowest BCUT2D eigenvalue weighted by Gasteiger charge is -2.22. The van der Waals surface area contributed by atoms with Crippen LogP contribution in [-0.2, 0) is 6.54 Å². The summed E-state index contributed by atoms with van der Waals surface area (Å²) in [5.74, 6) is 0.169. The van der Waals surface area contributed by atoms with E-state index in [0.29, 0.717) is 0 Å². The quantitative estimate of drug-likeness (QED) is 0.797. The van der Waals surface area contributed by atoms with Crippen LogP contribution in [0.1, 0.15) is 21.7 Å². The van der Waals surface area contributed by atoms with Gasteiger partial charge in [-0.15, -0.1) is 11.3 Å². The molecule has 24 heavy (non-hydrogen) atoms. The van der Waals surface area contributed by atoms with Crippen molar-refractivity contribution in [3.63, 3.8) is 0 Å². The van der Waals surface area contributed by atoms with Crippen molar-refractivity contribution in [3.8, 4) is 0 Å². The number of amides is 1. The van der Waals surface area contributed by atoms with Gasteiger partial charge >= 0.3 is 0 Å². The van der Waals surface area contributed by atoms with E-state index in [0.717, 1.165) is 54.9 Å². The highest BCUT2D eigenvalue weighted by Crippen LogP contribution is 2.19. The number of H-pyrrole nitrogens is 1. The first-order chi connectivity index (χ1) is 11.8. The predicted octanol–water partition coefficient (Wildman–Crippen LogP) is 2.97. The van der Waals surface area contributed by atoms with Gasteiger partial charge in [-0.2, -0.15) is 5.10 Å². The molecule has 1 saturated heterocycles. The van der Waals surface area contributed by atoms with E-state index in [9.17, 15) is 4.79 Å². The molecule has 1 aromatic carbocycles. The lowest BCUT2D eigenvalue weighted by atomic mass is 10.1. The van der Waals surface area contributed by atoms with Crippen LogP contribution in [0.2, 0.25) is 0 Å². The van der Waals surface area contributed by atoms with Crippen LogP contribution >= 0.6 is 11.3 Å². The summed E-state index contributed by atoms with van der Waals surface area (Å²) in [6, 6.07) is 10.2. The van der Waals surface area contributed by atoms with Gasteiger partial charge < -0.3 is 4.90 Å². The molecule has 1 aliphatic heterocycles. The lowest BCUT2D eigenvalue weighted by molar-refractivity contribution is 0.0766. The van der Waals surface area contributed by atoms with Gasteiger partial charge in [0.05, 0.1) is 16.6 Å². The molecule has 0 atom stereocenters. The monoisotopic (exact) mass is 340 g/mol. The number of aromatic amines is 1. The average Bonchev–Trinajstić information content (AvgIpc) is 3.24. The van der Waals surface area contributed by atoms with Gasteiger partial charge in [-0.1, -0.05) is 24.3 Å². The van der Waals surface area contributed by atoms with Crippen molar-refractivity contribution in [1.29, 1.82) is 0 Å². The number of nitrogens with zero attached hydrogens (tertiary/aromatic N) is 3. The predicted molar refractivity (Wildman–Crippen MR) is 96.2 cm³/mol. The van der Waals surface area contributed by atoms with Crippen molar-refractivity contribution in [2.45, 2.75) is 13.0 Å². The number of rotatable bonds is 3. The van der Waals surface area contributed by atoms with Crippen molar-refractivity contribution in [1.82, 2.24) is 20.0 Å². The summed E-state index contributed by atoms with van der Waals surface area (Å²) in [7, 11) is 0. The molecule has 3 aromatic rings. The average molecular weight is 340 g/mol. The van der Waals surface area contributed by atoms with Gasteiger partial charge in [0.1, 0.15) is 0 Å². The molecule has 1 aliphatic rings. The van der Waals surface area contributed by atoms with Crippen LogP contribution in [0, 0.1) is 0 Å². The highest BCUT2D eigenvalue weighted by atomic mass is 32.1. The number of hydrogen-bond donors (Lipinski definition) is 1. The van der Waals surface area contributed by atoms with Gasteiger partial charge in [-0.3, -0.25) is 14.8 Å². The maximum absolute atomic E-state index is 12.5. The molecule has 0 radical (unpaired) electrons. The Bertz CT molecular complexity index is 827. The van der Waals surface area contributed by atoms with Crippen molar-refractivity contribution in [2.75, 3.05) is 26.2 Å². The molecule has 0 spiro atoms. The normalized spacial score (nSPS) is 16.4. The highest BCUT2D eigenvalue weighted by Gasteiger charge is 2.21. The number of hydrogen-bond acceptors (Lipinski definition) is 4. The molecule has 1 N–H and O–H groups in total. The van der Waals surface area contributed by atoms with Crippen LogP contribution in [-0.4, -0.2) is 52.1 Å². The third-order valence-electron chi connectivity index (χ3n) is 4.56. The van der Waals surface area contributed by atoms with E-state index in [2.05, 4.69) is 33.3 Å². The van der Waals surface area contributed by atoms with E-state index in [1.165, 1.54) is 16.9 Å². The summed E-state index contributed by atoms with van der Waals surface area (Å²) in [6.45, 7) is 4.43. The molecule has 0 saturated carbocycles. The molecule has 3 heterocycles. The fourth-order valence-corrected chi connectivity index (χ4v) is 3.98. The van der Waals surface area contributed by atoms with E-state index in [-0.39, 0.29) is 5.91 Å². The number of aromatic nitrogens is 2. The number of benzene rings is 1. The Kier molecular flexibility index (Phi) is 4.32. The fourth-order valence-electron chi connectivity index (χ4n) is 3.29. The summed E-state index contributed by atoms with van der Waals surface area (Å²) >= 11 is 1.52. The first-order valence-corrected chi connectivity index (χ1v) is 9.15. The molecule has 4 rings (SSSR count). The number of thiophene rings is 1. The first kappa shape index (κ1) is 15.4. The SMILES string of the molecule is O=C(c1cccs1)N1CCCN(Cc2cccc3cn[nH]c23)CC1. The molecule has 1 fully saturated rings. The lowest BCUT2D eigenvalue weighted by Crippen LogP contribution is -2.34. The van der Waals surface area contributed by atoms with Crippen LogP contribution in [0.25, 0.3) is 10.9 Å². The van der Waals surface area contributed by atoms with Gasteiger partial charge in [-0.05, 0) is 23.4 Å². The van der Waals surface area contributed by atoms with E-state index in [1.54, 1.807) is 0 Å². The van der Waals surface area contributed by atoms with Crippen LogP contribution in [0.15, 0.2) is 41.9 Å². The molecular weight excluding hydrogens is 320 g/mol. The zero-order chi connectivity index (χ0) is 16.4. The second-order valence-electron chi connectivity index (χ2n) is 6.15. The Morgan fingerprint density at radius 1 is 1.17 bits per heavy atom. The second kappa shape index (κ2) is 6.75. The molecule has 0 bridgehead atoms. The smallest absolute Gasteiger partial charge is 0.263 e. The number of carbonyl (C=O) groups excluding carboxylic acids is 1. The third kappa shape index (κ3) is 3.07. The summed E-state index contributed by atoms with van der Waals surface area (Å²) < 4.78 is 0. The molecule has 6 heteroatoms. The Morgan fingerprint density at radius 3 is 3.00 bits per heavy atom. The van der Waals surface area contributed by atoms with E-state index >= 15 is 0 Å². The third-order valence-corrected chi connectivity index (χ3v) is 5.42. The fraction of sp³-hybridized carbons (Fsp3) is 0.333. The van der Waals surface area contributed by atoms with Gasteiger partial charge in [-0.25, -0.2) is 0 Å². The van der Waals surface area contributed by atoms with Crippen LogP contribution in [0.5, 0.6) is 0 Å². The summed E-state index contributed by atoms with van der Waals surface area (Å²) in [5.41, 5.74) is 2.39. The summed E-state index contributed by atoms with van der Waals surface area (Å²) in [5, 5.41) is 10.4. The van der Waals surface area contributed by atoms with Gasteiger partial charge in [0, 0.05) is 38.1 Å². The largest absolute Gasteiger partial charge is 0.337 e. The second-order valence-corrected chi connectivity index (χ2v) is 7.10. The Morgan fingerprint density at radius 2 is 2.12 bits per heavy atom. The van der Waals surface area contributed by atoms with Crippen LogP contribution in [0.3, 0.4) is 0 Å². The minimum absolute atomic E-state index is 0.169. The minimum Gasteiger partial charge on any atom is -0.337 e. The zero-order valence-corrected chi connectivity index (χ0v) is 14.3. The van der Waals surface area contributed by atoms with E-state index in [1.807, 2.05) is 28.6 Å². The maximum atomic E-state index is 12.5. The van der Waals surface area contributed by atoms with E-state index < -0.39 is 0 Å². The number of nitrogens with one attached hydrogen (secondary N) is 1. The Balaban J connectivity index is 1.43. The molecule has 1 amide bonds. The Hall–Kier alpha value is -2.18. The van der Waals surface area contributed by atoms with Gasteiger partial charge in [0.15, 0.2) is 0 Å². The van der Waals surface area contributed by atoms with Crippen molar-refractivity contribution in [2.24, 2.45) is 0 Å². The molecule has 0 aliphatic carbocycles. The van der Waals surface area contributed by atoms with Crippen molar-refractivity contribution >= 4 is 28.1 Å². The summed E-state index contributed by atoms with van der Waals surface area (Å²) in [4.78, 5) is 17.8. The van der Waals surface area contributed by atoms with Gasteiger partial charge in [0.2, 0.25) is 0 Å². The van der Waals surface area contributed by atoms with E-state index in [4.69, 9.17) is 0 Å². The molecule has 0 unspecified atom stereocenters. The number of fused-ring (bicyclic) bond motifs is 1. The zero-order valence-electron chi connectivity index (χ0n) is 13.4. The Labute approximate surface area is 144 Å². The van der Waals surface area contributed by atoms with Gasteiger partial charge in [0.25, 0.3) is 5.91 Å². The molecule has 2 aromatic heterocycles. The molecular formula is C18H20N4OS. The number of para-hydroxylation sites is 1.